The maximum absolute atomic E-state index is 12.0. The Kier molecular flexibility index (Phi) is 5.48. The molecule has 2 rings (SSSR count). The molecule has 6 nitrogen and oxygen atoms in total. The molecule has 0 fully saturated rings. The molecule has 0 radical (unpaired) electrons. The van der Waals surface area contributed by atoms with E-state index in [0.29, 0.717) is 11.4 Å². The number of rotatable bonds is 6. The number of esters is 1. The van der Waals surface area contributed by atoms with Gasteiger partial charge in [0.2, 0.25) is 11.7 Å². The highest BCUT2D eigenvalue weighted by molar-refractivity contribution is 7.14. The van der Waals surface area contributed by atoms with E-state index in [1.54, 1.807) is 24.3 Å². The molecule has 1 amide bonds. The third-order valence-electron chi connectivity index (χ3n) is 2.91. The van der Waals surface area contributed by atoms with Crippen LogP contribution in [0.3, 0.4) is 0 Å². The Morgan fingerprint density at radius 1 is 1.17 bits per heavy atom. The smallest absolute Gasteiger partial charge is 0.342 e. The summed E-state index contributed by atoms with van der Waals surface area (Å²) in [7, 11) is 0. The lowest BCUT2D eigenvalue weighted by atomic mass is 10.2. The number of phenols is 1. The van der Waals surface area contributed by atoms with Crippen molar-refractivity contribution >= 4 is 29.0 Å². The van der Waals surface area contributed by atoms with E-state index in [1.807, 2.05) is 0 Å². The van der Waals surface area contributed by atoms with Gasteiger partial charge in [-0.2, -0.15) is 0 Å². The number of hydrogen-bond donors (Lipinski definition) is 2. The molecule has 0 atom stereocenters. The summed E-state index contributed by atoms with van der Waals surface area (Å²) in [5, 5.41) is 12.2. The minimum atomic E-state index is -0.758. The van der Waals surface area contributed by atoms with Crippen LogP contribution in [0.25, 0.3) is 0 Å². The van der Waals surface area contributed by atoms with Crippen molar-refractivity contribution in [3.05, 3.63) is 51.7 Å². The zero-order valence-corrected chi connectivity index (χ0v) is 13.2. The van der Waals surface area contributed by atoms with E-state index in [-0.39, 0.29) is 23.0 Å². The molecule has 0 bridgehead atoms. The fraction of sp³-hybridized carbons (Fsp3) is 0.188. The van der Waals surface area contributed by atoms with Crippen molar-refractivity contribution < 1.29 is 24.2 Å². The van der Waals surface area contributed by atoms with Gasteiger partial charge in [-0.1, -0.05) is 12.1 Å². The summed E-state index contributed by atoms with van der Waals surface area (Å²) in [6, 6.07) is 9.31. The Morgan fingerprint density at radius 3 is 2.61 bits per heavy atom. The third kappa shape index (κ3) is 4.65. The van der Waals surface area contributed by atoms with Gasteiger partial charge in [-0.15, -0.1) is 11.3 Å². The van der Waals surface area contributed by atoms with Crippen LogP contribution in [0.1, 0.15) is 31.8 Å². The highest BCUT2D eigenvalue weighted by Crippen LogP contribution is 2.19. The number of phenolic OH excluding ortho intramolecular Hbond substituents is 1. The molecule has 0 spiro atoms. The van der Waals surface area contributed by atoms with Crippen LogP contribution >= 0.6 is 11.3 Å². The highest BCUT2D eigenvalue weighted by atomic mass is 32.1. The average Bonchev–Trinajstić information content (AvgIpc) is 3.00. The number of hydrogen-bond acceptors (Lipinski definition) is 6. The lowest BCUT2D eigenvalue weighted by molar-refractivity contribution is -0.119. The number of benzene rings is 1. The first kappa shape index (κ1) is 16.7. The lowest BCUT2D eigenvalue weighted by Crippen LogP contribution is -2.18. The monoisotopic (exact) mass is 333 g/mol. The molecule has 0 unspecified atom stereocenters. The molecule has 0 aliphatic heterocycles. The predicted molar refractivity (Wildman–Crippen MR) is 84.6 cm³/mol. The molecule has 2 N–H and O–H groups in total. The van der Waals surface area contributed by atoms with Gasteiger partial charge < -0.3 is 15.2 Å². The lowest BCUT2D eigenvalue weighted by Gasteiger charge is -2.04. The van der Waals surface area contributed by atoms with Gasteiger partial charge in [-0.25, -0.2) is 4.79 Å². The molecular weight excluding hydrogens is 318 g/mol. The van der Waals surface area contributed by atoms with Gasteiger partial charge >= 0.3 is 5.97 Å². The van der Waals surface area contributed by atoms with E-state index in [9.17, 15) is 19.5 Å². The number of carbonyl (C=O) groups is 3. The minimum Gasteiger partial charge on any atom is -0.507 e. The number of amides is 1. The van der Waals surface area contributed by atoms with Crippen molar-refractivity contribution in [1.82, 2.24) is 5.32 Å². The summed E-state index contributed by atoms with van der Waals surface area (Å²) >= 11 is 1.23. The maximum Gasteiger partial charge on any atom is 0.342 e. The number of nitrogens with one attached hydrogen (secondary N) is 1. The number of ketones is 1. The minimum absolute atomic E-state index is 0.0119. The topological polar surface area (TPSA) is 92.7 Å². The molecule has 1 aromatic heterocycles. The van der Waals surface area contributed by atoms with Gasteiger partial charge in [-0.05, 0) is 24.3 Å². The molecular formula is C16H15NO5S. The first-order valence-electron chi connectivity index (χ1n) is 6.79. The van der Waals surface area contributed by atoms with Crippen molar-refractivity contribution in [3.63, 3.8) is 0 Å². The number of para-hydroxylation sites is 1. The van der Waals surface area contributed by atoms with Crippen LogP contribution in [0.15, 0.2) is 36.4 Å². The van der Waals surface area contributed by atoms with Crippen LogP contribution in [-0.2, 0) is 16.1 Å². The Morgan fingerprint density at radius 2 is 1.91 bits per heavy atom. The predicted octanol–water partition coefficient (Wildman–Crippen LogP) is 2.13. The fourth-order valence-corrected chi connectivity index (χ4v) is 2.63. The summed E-state index contributed by atoms with van der Waals surface area (Å²) in [5.41, 5.74) is 0.0119. The van der Waals surface area contributed by atoms with Gasteiger partial charge in [-0.3, -0.25) is 9.59 Å². The van der Waals surface area contributed by atoms with Crippen LogP contribution in [0, 0.1) is 0 Å². The van der Waals surface area contributed by atoms with Gasteiger partial charge in [0, 0.05) is 11.8 Å². The first-order chi connectivity index (χ1) is 11.0. The standard InChI is InChI=1S/C16H15NO5S/c1-10(18)17-8-11-6-7-15(23-11)14(20)9-22-16(21)12-4-2-3-5-13(12)19/h2-7,19H,8-9H2,1H3,(H,17,18). The zero-order valence-electron chi connectivity index (χ0n) is 12.4. The van der Waals surface area contributed by atoms with Gasteiger partial charge in [0.1, 0.15) is 11.3 Å². The molecule has 0 saturated carbocycles. The molecule has 7 heteroatoms. The second-order valence-electron chi connectivity index (χ2n) is 4.69. The van der Waals surface area contributed by atoms with Crippen molar-refractivity contribution in [2.45, 2.75) is 13.5 Å². The summed E-state index contributed by atoms with van der Waals surface area (Å²) in [6.07, 6.45) is 0. The number of thiophene rings is 1. The second-order valence-corrected chi connectivity index (χ2v) is 5.86. The van der Waals surface area contributed by atoms with E-state index in [4.69, 9.17) is 4.74 Å². The normalized spacial score (nSPS) is 10.1. The maximum atomic E-state index is 12.0. The summed E-state index contributed by atoms with van der Waals surface area (Å²) < 4.78 is 4.92. The van der Waals surface area contributed by atoms with Crippen molar-refractivity contribution in [3.8, 4) is 5.75 Å². The molecule has 2 aromatic rings. The van der Waals surface area contributed by atoms with E-state index >= 15 is 0 Å². The number of carbonyl (C=O) groups excluding carboxylic acids is 3. The highest BCUT2D eigenvalue weighted by Gasteiger charge is 2.16. The van der Waals surface area contributed by atoms with Crippen molar-refractivity contribution in [2.75, 3.05) is 6.61 Å². The van der Waals surface area contributed by atoms with E-state index < -0.39 is 12.6 Å². The van der Waals surface area contributed by atoms with E-state index in [0.717, 1.165) is 4.88 Å². The first-order valence-corrected chi connectivity index (χ1v) is 7.60. The Hall–Kier alpha value is -2.67. The largest absolute Gasteiger partial charge is 0.507 e. The van der Waals surface area contributed by atoms with Crippen LogP contribution in [0.5, 0.6) is 5.75 Å². The molecule has 0 aliphatic rings. The summed E-state index contributed by atoms with van der Waals surface area (Å²) in [6.45, 7) is 1.36. The second kappa shape index (κ2) is 7.55. The summed E-state index contributed by atoms with van der Waals surface area (Å²) in [4.78, 5) is 35.9. The van der Waals surface area contributed by atoms with Gasteiger partial charge in [0.15, 0.2) is 6.61 Å². The number of aromatic hydroxyl groups is 1. The zero-order chi connectivity index (χ0) is 16.8. The summed E-state index contributed by atoms with van der Waals surface area (Å²) in [5.74, 6) is -1.44. The Bertz CT molecular complexity index is 738. The third-order valence-corrected chi connectivity index (χ3v) is 4.03. The number of ether oxygens (including phenoxy) is 1. The quantitative estimate of drug-likeness (QED) is 0.624. The van der Waals surface area contributed by atoms with Gasteiger partial charge in [0.05, 0.1) is 11.4 Å². The Balaban J connectivity index is 1.91. The van der Waals surface area contributed by atoms with E-state index in [2.05, 4.69) is 5.32 Å². The Labute approximate surface area is 136 Å². The molecule has 23 heavy (non-hydrogen) atoms. The van der Waals surface area contributed by atoms with Crippen molar-refractivity contribution in [1.29, 1.82) is 0 Å². The molecule has 0 saturated heterocycles. The molecule has 1 aromatic carbocycles. The number of Topliss-reactive ketones (excluding diaryl/α,β-unsaturated/α-hetero) is 1. The molecule has 120 valence electrons. The van der Waals surface area contributed by atoms with Gasteiger partial charge in [0.25, 0.3) is 0 Å². The SMILES string of the molecule is CC(=O)NCc1ccc(C(=O)COC(=O)c2ccccc2O)s1. The van der Waals surface area contributed by atoms with Crippen molar-refractivity contribution in [2.24, 2.45) is 0 Å². The van der Waals surface area contributed by atoms with Crippen LogP contribution in [-0.4, -0.2) is 29.4 Å². The average molecular weight is 333 g/mol. The van der Waals surface area contributed by atoms with Crippen LogP contribution in [0.4, 0.5) is 0 Å². The molecule has 0 aliphatic carbocycles. The van der Waals surface area contributed by atoms with E-state index in [1.165, 1.54) is 30.4 Å². The van der Waals surface area contributed by atoms with Crippen LogP contribution in [0.2, 0.25) is 0 Å². The fourth-order valence-electron chi connectivity index (χ4n) is 1.76. The van der Waals surface area contributed by atoms with Crippen LogP contribution < -0.4 is 5.32 Å². The molecule has 1 heterocycles.